The predicted molar refractivity (Wildman–Crippen MR) is 113 cm³/mol. The number of rotatable bonds is 6. The zero-order valence-corrected chi connectivity index (χ0v) is 16.7. The third-order valence-corrected chi connectivity index (χ3v) is 5.19. The van der Waals surface area contributed by atoms with Crippen LogP contribution in [0.1, 0.15) is 58.4 Å². The van der Waals surface area contributed by atoms with Gasteiger partial charge in [-0.05, 0) is 43.5 Å². The topological polar surface area (TPSA) is 87.3 Å². The number of hydrogen-bond donors (Lipinski definition) is 3. The van der Waals surface area contributed by atoms with Gasteiger partial charge >= 0.3 is 6.03 Å². The molecule has 0 radical (unpaired) electrons. The Morgan fingerprint density at radius 2 is 1.62 bits per heavy atom. The lowest BCUT2D eigenvalue weighted by molar-refractivity contribution is 0.0874. The summed E-state index contributed by atoms with van der Waals surface area (Å²) in [6.07, 6.45) is 5.06. The van der Waals surface area contributed by atoms with E-state index in [9.17, 15) is 14.4 Å². The third-order valence-electron chi connectivity index (χ3n) is 5.19. The summed E-state index contributed by atoms with van der Waals surface area (Å²) in [6, 6.07) is 13.9. The Morgan fingerprint density at radius 1 is 0.897 bits per heavy atom. The number of anilines is 1. The van der Waals surface area contributed by atoms with Crippen molar-refractivity contribution in [3.05, 3.63) is 65.2 Å². The van der Waals surface area contributed by atoms with Crippen molar-refractivity contribution in [2.24, 2.45) is 5.92 Å². The van der Waals surface area contributed by atoms with Crippen LogP contribution in [0, 0.1) is 12.8 Å². The van der Waals surface area contributed by atoms with Crippen LogP contribution < -0.4 is 16.0 Å². The molecule has 3 amide bonds. The quantitative estimate of drug-likeness (QED) is 0.506. The highest BCUT2D eigenvalue weighted by atomic mass is 16.2. The average molecular weight is 393 g/mol. The summed E-state index contributed by atoms with van der Waals surface area (Å²) in [7, 11) is 0. The molecule has 2 aromatic rings. The number of Topliss-reactive ketones (excluding diaryl/α,β-unsaturated/α-hetero) is 1. The molecule has 1 aliphatic carbocycles. The van der Waals surface area contributed by atoms with Gasteiger partial charge in [-0.2, -0.15) is 0 Å². The summed E-state index contributed by atoms with van der Waals surface area (Å²) in [4.78, 5) is 37.5. The second-order valence-corrected chi connectivity index (χ2v) is 7.43. The van der Waals surface area contributed by atoms with Crippen LogP contribution in [-0.4, -0.2) is 24.4 Å². The van der Waals surface area contributed by atoms with Crippen molar-refractivity contribution in [1.29, 1.82) is 0 Å². The highest BCUT2D eigenvalue weighted by Gasteiger charge is 2.25. The Hall–Kier alpha value is -3.15. The minimum absolute atomic E-state index is 0.00377. The molecular formula is C23H27N3O3. The Morgan fingerprint density at radius 3 is 2.34 bits per heavy atom. The molecule has 1 saturated carbocycles. The summed E-state index contributed by atoms with van der Waals surface area (Å²) in [5.41, 5.74) is 2.53. The molecule has 6 nitrogen and oxygen atoms in total. The minimum atomic E-state index is -0.414. The summed E-state index contributed by atoms with van der Waals surface area (Å²) in [6.45, 7) is 1.90. The second kappa shape index (κ2) is 9.87. The molecule has 3 N–H and O–H groups in total. The van der Waals surface area contributed by atoms with Crippen LogP contribution in [0.4, 0.5) is 10.5 Å². The first-order valence-corrected chi connectivity index (χ1v) is 10.1. The number of aryl methyl sites for hydroxylation is 1. The fraction of sp³-hybridized carbons (Fsp3) is 0.348. The van der Waals surface area contributed by atoms with Crippen LogP contribution in [0.2, 0.25) is 0 Å². The van der Waals surface area contributed by atoms with Crippen molar-refractivity contribution >= 4 is 23.4 Å². The highest BCUT2D eigenvalue weighted by Crippen LogP contribution is 2.28. The van der Waals surface area contributed by atoms with E-state index in [-0.39, 0.29) is 24.3 Å². The lowest BCUT2D eigenvalue weighted by atomic mass is 9.83. The van der Waals surface area contributed by atoms with E-state index in [1.165, 1.54) is 6.42 Å². The molecule has 2 aromatic carbocycles. The Balaban J connectivity index is 1.55. The first-order valence-electron chi connectivity index (χ1n) is 10.1. The van der Waals surface area contributed by atoms with Crippen LogP contribution in [-0.2, 0) is 0 Å². The van der Waals surface area contributed by atoms with Gasteiger partial charge < -0.3 is 16.0 Å². The Labute approximate surface area is 171 Å². The first-order chi connectivity index (χ1) is 14.0. The van der Waals surface area contributed by atoms with E-state index in [0.29, 0.717) is 16.8 Å². The van der Waals surface area contributed by atoms with Crippen LogP contribution in [0.5, 0.6) is 0 Å². The van der Waals surface area contributed by atoms with Crippen LogP contribution in [0.3, 0.4) is 0 Å². The van der Waals surface area contributed by atoms with Gasteiger partial charge in [0, 0.05) is 17.2 Å². The van der Waals surface area contributed by atoms with Gasteiger partial charge in [0.15, 0.2) is 5.78 Å². The lowest BCUT2D eigenvalue weighted by Gasteiger charge is -2.21. The molecule has 0 bridgehead atoms. The molecule has 1 fully saturated rings. The highest BCUT2D eigenvalue weighted by molar-refractivity contribution is 6.09. The number of benzene rings is 2. The van der Waals surface area contributed by atoms with E-state index in [0.717, 1.165) is 31.2 Å². The van der Waals surface area contributed by atoms with E-state index >= 15 is 0 Å². The maximum Gasteiger partial charge on any atom is 0.320 e. The molecule has 0 aromatic heterocycles. The molecule has 0 unspecified atom stereocenters. The largest absolute Gasteiger partial charge is 0.335 e. The molecule has 6 heteroatoms. The number of carbonyl (C=O) groups is 3. The number of amides is 3. The van der Waals surface area contributed by atoms with Crippen molar-refractivity contribution in [2.75, 3.05) is 12.0 Å². The van der Waals surface area contributed by atoms with Crippen LogP contribution in [0.15, 0.2) is 48.5 Å². The van der Waals surface area contributed by atoms with Crippen molar-refractivity contribution in [2.45, 2.75) is 39.0 Å². The predicted octanol–water partition coefficient (Wildman–Crippen LogP) is 4.27. The maximum atomic E-state index is 12.9. The second-order valence-electron chi connectivity index (χ2n) is 7.43. The molecule has 0 saturated heterocycles. The van der Waals surface area contributed by atoms with Gasteiger partial charge in [-0.15, -0.1) is 0 Å². The number of carbonyl (C=O) groups excluding carboxylic acids is 3. The fourth-order valence-corrected chi connectivity index (χ4v) is 3.68. The summed E-state index contributed by atoms with van der Waals surface area (Å²) in [5.74, 6) is -0.336. The van der Waals surface area contributed by atoms with Crippen LogP contribution in [0.25, 0.3) is 0 Å². The summed E-state index contributed by atoms with van der Waals surface area (Å²) >= 11 is 0. The number of ketones is 1. The van der Waals surface area contributed by atoms with Crippen molar-refractivity contribution in [1.82, 2.24) is 10.6 Å². The van der Waals surface area contributed by atoms with E-state index in [1.54, 1.807) is 30.3 Å². The molecule has 29 heavy (non-hydrogen) atoms. The third kappa shape index (κ3) is 5.67. The first kappa shape index (κ1) is 20.6. The van der Waals surface area contributed by atoms with E-state index in [4.69, 9.17) is 0 Å². The van der Waals surface area contributed by atoms with E-state index in [1.807, 2.05) is 25.1 Å². The molecule has 0 spiro atoms. The van der Waals surface area contributed by atoms with Gasteiger partial charge in [-0.25, -0.2) is 4.79 Å². The minimum Gasteiger partial charge on any atom is -0.335 e. The standard InChI is InChI=1S/C23H27N3O3/c1-16-8-7-11-18(14-16)26-23(29)25-15-24-22(28)20-13-6-5-12-19(20)21(27)17-9-3-2-4-10-17/h5-8,11-14,17H,2-4,9-10,15H2,1H3,(H,24,28)(H2,25,26,29). The van der Waals surface area contributed by atoms with Gasteiger partial charge in [0.05, 0.1) is 12.2 Å². The van der Waals surface area contributed by atoms with Crippen molar-refractivity contribution < 1.29 is 14.4 Å². The van der Waals surface area contributed by atoms with Crippen LogP contribution >= 0.6 is 0 Å². The van der Waals surface area contributed by atoms with E-state index in [2.05, 4.69) is 16.0 Å². The summed E-state index contributed by atoms with van der Waals surface area (Å²) in [5, 5.41) is 7.97. The van der Waals surface area contributed by atoms with Gasteiger partial charge in [0.2, 0.25) is 0 Å². The molecule has 1 aliphatic rings. The van der Waals surface area contributed by atoms with Crippen molar-refractivity contribution in [3.63, 3.8) is 0 Å². The number of hydrogen-bond acceptors (Lipinski definition) is 3. The zero-order chi connectivity index (χ0) is 20.6. The maximum absolute atomic E-state index is 12.9. The number of urea groups is 1. The number of nitrogens with one attached hydrogen (secondary N) is 3. The molecule has 152 valence electrons. The fourth-order valence-electron chi connectivity index (χ4n) is 3.68. The normalized spacial score (nSPS) is 14.1. The average Bonchev–Trinajstić information content (AvgIpc) is 2.74. The molecular weight excluding hydrogens is 366 g/mol. The zero-order valence-electron chi connectivity index (χ0n) is 16.7. The Kier molecular flexibility index (Phi) is 7.00. The smallest absolute Gasteiger partial charge is 0.320 e. The van der Waals surface area contributed by atoms with Gasteiger partial charge in [0.1, 0.15) is 0 Å². The van der Waals surface area contributed by atoms with E-state index < -0.39 is 6.03 Å². The molecule has 0 heterocycles. The van der Waals surface area contributed by atoms with Gasteiger partial charge in [-0.1, -0.05) is 49.6 Å². The Bertz CT molecular complexity index is 888. The SMILES string of the molecule is Cc1cccc(NC(=O)NCNC(=O)c2ccccc2C(=O)C2CCCCC2)c1. The van der Waals surface area contributed by atoms with Crippen molar-refractivity contribution in [3.8, 4) is 0 Å². The van der Waals surface area contributed by atoms with Gasteiger partial charge in [0.25, 0.3) is 5.91 Å². The lowest BCUT2D eigenvalue weighted by Crippen LogP contribution is -2.39. The summed E-state index contributed by atoms with van der Waals surface area (Å²) < 4.78 is 0. The monoisotopic (exact) mass is 393 g/mol. The molecule has 0 atom stereocenters. The molecule has 3 rings (SSSR count). The van der Waals surface area contributed by atoms with Gasteiger partial charge in [-0.3, -0.25) is 9.59 Å². The molecule has 0 aliphatic heterocycles.